The van der Waals surface area contributed by atoms with E-state index in [0.717, 1.165) is 96.0 Å². The Labute approximate surface area is 181 Å². The minimum atomic E-state index is 0.735. The Morgan fingerprint density at radius 2 is 2.03 bits per heavy atom. The maximum Gasteiger partial charge on any atom is 0.193 e. The van der Waals surface area contributed by atoms with E-state index in [2.05, 4.69) is 36.8 Å². The van der Waals surface area contributed by atoms with E-state index in [1.165, 1.54) is 38.1 Å². The summed E-state index contributed by atoms with van der Waals surface area (Å²) in [5.41, 5.74) is 0. The van der Waals surface area contributed by atoms with Gasteiger partial charge in [0.25, 0.3) is 0 Å². The summed E-state index contributed by atoms with van der Waals surface area (Å²) in [6.07, 6.45) is 8.14. The quantitative estimate of drug-likeness (QED) is 0.412. The largest absolute Gasteiger partial charge is 0.379 e. The molecule has 2 fully saturated rings. The van der Waals surface area contributed by atoms with Gasteiger partial charge in [-0.15, -0.1) is 10.2 Å². The van der Waals surface area contributed by atoms with Gasteiger partial charge in [-0.05, 0) is 38.5 Å². The van der Waals surface area contributed by atoms with E-state index in [1.807, 2.05) is 0 Å². The van der Waals surface area contributed by atoms with Crippen LogP contribution in [0.25, 0.3) is 0 Å². The average molecular weight is 418 g/mol. The number of nitrogens with zero attached hydrogens (tertiary/aromatic N) is 6. The molecule has 2 saturated heterocycles. The highest BCUT2D eigenvalue weighted by atomic mass is 16.5. The number of nitrogens with one attached hydrogen (secondary N) is 1. The van der Waals surface area contributed by atoms with Gasteiger partial charge in [0.05, 0.1) is 13.2 Å². The maximum atomic E-state index is 5.48. The van der Waals surface area contributed by atoms with Crippen molar-refractivity contribution in [2.75, 3.05) is 59.0 Å². The molecule has 0 bridgehead atoms. The minimum absolute atomic E-state index is 0.735. The fourth-order valence-electron chi connectivity index (χ4n) is 4.90. The monoisotopic (exact) mass is 417 g/mol. The molecule has 1 aromatic heterocycles. The summed E-state index contributed by atoms with van der Waals surface area (Å²) in [6, 6.07) is 0. The van der Waals surface area contributed by atoms with E-state index in [4.69, 9.17) is 9.73 Å². The predicted molar refractivity (Wildman–Crippen MR) is 119 cm³/mol. The lowest BCUT2D eigenvalue weighted by molar-refractivity contribution is 0.0315. The number of hydrogen-bond donors (Lipinski definition) is 1. The number of morpholine rings is 1. The molecule has 0 spiro atoms. The standard InChI is InChI=1S/C22H39N7O/c1-2-23-22(28-12-9-19(18-28)17-27-13-15-30-16-14-27)24-10-6-8-21-26-25-20-7-4-3-5-11-29(20)21/h19H,2-18H2,1H3,(H,23,24). The molecule has 8 nitrogen and oxygen atoms in total. The average Bonchev–Trinajstić information content (AvgIpc) is 3.31. The first kappa shape index (κ1) is 21.6. The Bertz CT molecular complexity index is 683. The van der Waals surface area contributed by atoms with Gasteiger partial charge < -0.3 is 19.5 Å². The van der Waals surface area contributed by atoms with Crippen molar-refractivity contribution in [1.82, 2.24) is 29.9 Å². The Hall–Kier alpha value is -1.67. The molecular weight excluding hydrogens is 378 g/mol. The fraction of sp³-hybridized carbons (Fsp3) is 0.864. The molecule has 1 aromatic rings. The van der Waals surface area contributed by atoms with Crippen molar-refractivity contribution >= 4 is 5.96 Å². The van der Waals surface area contributed by atoms with E-state index >= 15 is 0 Å². The molecule has 3 aliphatic heterocycles. The Balaban J connectivity index is 1.25. The second kappa shape index (κ2) is 11.1. The first-order valence-electron chi connectivity index (χ1n) is 12.1. The van der Waals surface area contributed by atoms with E-state index in [-0.39, 0.29) is 0 Å². The van der Waals surface area contributed by atoms with Gasteiger partial charge in [0, 0.05) is 65.2 Å². The van der Waals surface area contributed by atoms with Crippen LogP contribution in [0.2, 0.25) is 0 Å². The van der Waals surface area contributed by atoms with Gasteiger partial charge in [0.2, 0.25) is 0 Å². The lowest BCUT2D eigenvalue weighted by Gasteiger charge is -2.29. The highest BCUT2D eigenvalue weighted by Gasteiger charge is 2.27. The van der Waals surface area contributed by atoms with Crippen LogP contribution in [-0.2, 0) is 24.1 Å². The fourth-order valence-corrected chi connectivity index (χ4v) is 4.90. The molecule has 4 heterocycles. The van der Waals surface area contributed by atoms with Gasteiger partial charge in [-0.25, -0.2) is 0 Å². The van der Waals surface area contributed by atoms with Crippen LogP contribution in [0.1, 0.15) is 50.7 Å². The molecule has 168 valence electrons. The van der Waals surface area contributed by atoms with E-state index in [0.29, 0.717) is 0 Å². The second-order valence-electron chi connectivity index (χ2n) is 8.85. The molecule has 0 saturated carbocycles. The molecular formula is C22H39N7O. The van der Waals surface area contributed by atoms with Crippen molar-refractivity contribution < 1.29 is 4.74 Å². The smallest absolute Gasteiger partial charge is 0.193 e. The number of rotatable bonds is 7. The molecule has 3 aliphatic rings. The van der Waals surface area contributed by atoms with Crippen molar-refractivity contribution in [2.24, 2.45) is 10.9 Å². The summed E-state index contributed by atoms with van der Waals surface area (Å²) < 4.78 is 7.84. The van der Waals surface area contributed by atoms with Gasteiger partial charge in [-0.3, -0.25) is 9.89 Å². The van der Waals surface area contributed by atoms with Crippen molar-refractivity contribution in [3.63, 3.8) is 0 Å². The first-order chi connectivity index (χ1) is 14.8. The third-order valence-corrected chi connectivity index (χ3v) is 6.55. The number of guanidine groups is 1. The second-order valence-corrected chi connectivity index (χ2v) is 8.85. The predicted octanol–water partition coefficient (Wildman–Crippen LogP) is 1.56. The Kier molecular flexibility index (Phi) is 7.97. The lowest BCUT2D eigenvalue weighted by Crippen LogP contribution is -2.42. The van der Waals surface area contributed by atoms with Crippen molar-refractivity contribution in [3.8, 4) is 0 Å². The van der Waals surface area contributed by atoms with E-state index in [1.54, 1.807) is 0 Å². The third kappa shape index (κ3) is 5.72. The topological polar surface area (TPSA) is 70.8 Å². The van der Waals surface area contributed by atoms with E-state index < -0.39 is 0 Å². The van der Waals surface area contributed by atoms with Crippen LogP contribution in [0.3, 0.4) is 0 Å². The number of likely N-dealkylation sites (tertiary alicyclic amines) is 1. The van der Waals surface area contributed by atoms with Crippen LogP contribution in [0.4, 0.5) is 0 Å². The molecule has 0 amide bonds. The summed E-state index contributed by atoms with van der Waals surface area (Å²) in [5, 5.41) is 12.4. The van der Waals surface area contributed by atoms with E-state index in [9.17, 15) is 0 Å². The number of aryl methyl sites for hydroxylation is 2. The highest BCUT2D eigenvalue weighted by Crippen LogP contribution is 2.19. The van der Waals surface area contributed by atoms with Crippen LogP contribution in [0, 0.1) is 5.92 Å². The van der Waals surface area contributed by atoms with Crippen LogP contribution < -0.4 is 5.32 Å². The zero-order valence-electron chi connectivity index (χ0n) is 18.7. The van der Waals surface area contributed by atoms with Gasteiger partial charge in [-0.2, -0.15) is 0 Å². The zero-order valence-corrected chi connectivity index (χ0v) is 18.7. The number of aromatic nitrogens is 3. The van der Waals surface area contributed by atoms with Gasteiger partial charge in [0.15, 0.2) is 5.96 Å². The van der Waals surface area contributed by atoms with Crippen LogP contribution in [-0.4, -0.2) is 89.6 Å². The summed E-state index contributed by atoms with van der Waals surface area (Å²) in [4.78, 5) is 9.96. The summed E-state index contributed by atoms with van der Waals surface area (Å²) in [5.74, 6) is 4.15. The number of ether oxygens (including phenoxy) is 1. The first-order valence-corrected chi connectivity index (χ1v) is 12.1. The molecule has 0 radical (unpaired) electrons. The summed E-state index contributed by atoms with van der Waals surface area (Å²) in [6.45, 7) is 12.3. The van der Waals surface area contributed by atoms with Gasteiger partial charge >= 0.3 is 0 Å². The molecule has 8 heteroatoms. The zero-order chi connectivity index (χ0) is 20.6. The van der Waals surface area contributed by atoms with Crippen LogP contribution in [0.15, 0.2) is 4.99 Å². The summed E-state index contributed by atoms with van der Waals surface area (Å²) >= 11 is 0. The molecule has 30 heavy (non-hydrogen) atoms. The minimum Gasteiger partial charge on any atom is -0.379 e. The molecule has 0 aromatic carbocycles. The molecule has 4 rings (SSSR count). The molecule has 1 unspecified atom stereocenters. The Morgan fingerprint density at radius 1 is 1.13 bits per heavy atom. The molecule has 1 N–H and O–H groups in total. The summed E-state index contributed by atoms with van der Waals surface area (Å²) in [7, 11) is 0. The number of fused-ring (bicyclic) bond motifs is 1. The Morgan fingerprint density at radius 3 is 2.90 bits per heavy atom. The number of aliphatic imine (C=N–C) groups is 1. The lowest BCUT2D eigenvalue weighted by atomic mass is 10.1. The van der Waals surface area contributed by atoms with Crippen molar-refractivity contribution in [1.29, 1.82) is 0 Å². The number of hydrogen-bond acceptors (Lipinski definition) is 5. The maximum absolute atomic E-state index is 5.48. The molecule has 1 atom stereocenters. The van der Waals surface area contributed by atoms with Gasteiger partial charge in [0.1, 0.15) is 11.6 Å². The van der Waals surface area contributed by atoms with Crippen molar-refractivity contribution in [2.45, 2.75) is 58.4 Å². The third-order valence-electron chi connectivity index (χ3n) is 6.55. The highest BCUT2D eigenvalue weighted by molar-refractivity contribution is 5.80. The normalized spacial score (nSPS) is 23.4. The molecule has 0 aliphatic carbocycles. The van der Waals surface area contributed by atoms with Crippen LogP contribution >= 0.6 is 0 Å². The van der Waals surface area contributed by atoms with Gasteiger partial charge in [-0.1, -0.05) is 6.42 Å². The van der Waals surface area contributed by atoms with Crippen LogP contribution in [0.5, 0.6) is 0 Å². The SMILES string of the molecule is CCNC(=NCCCc1nnc2n1CCCCC2)N1CCC(CN2CCOCC2)C1. The van der Waals surface area contributed by atoms with Crippen molar-refractivity contribution in [3.05, 3.63) is 11.6 Å².